The molecule has 0 spiro atoms. The Morgan fingerprint density at radius 1 is 1.02 bits per heavy atom. The first-order valence-electron chi connectivity index (χ1n) is 16.3. The van der Waals surface area contributed by atoms with E-state index >= 15 is 0 Å². The molecule has 1 aliphatic carbocycles. The summed E-state index contributed by atoms with van der Waals surface area (Å²) in [5.74, 6) is -2.37. The maximum atomic E-state index is 14.9. The van der Waals surface area contributed by atoms with Crippen molar-refractivity contribution in [2.24, 2.45) is 5.73 Å². The first-order valence-corrected chi connectivity index (χ1v) is 16.3. The number of carbonyl (C=O) groups is 3. The summed E-state index contributed by atoms with van der Waals surface area (Å²) >= 11 is 0. The first kappa shape index (κ1) is 36.4. The van der Waals surface area contributed by atoms with Crippen LogP contribution in [0.3, 0.4) is 0 Å². The van der Waals surface area contributed by atoms with Gasteiger partial charge in [0.25, 0.3) is 5.91 Å². The highest BCUT2D eigenvalue weighted by Gasteiger charge is 2.57. The molecule has 16 heteroatoms. The second-order valence-electron chi connectivity index (χ2n) is 14.0. The van der Waals surface area contributed by atoms with E-state index in [1.807, 2.05) is 0 Å². The number of nitrogens with one attached hydrogen (secondary N) is 3. The van der Waals surface area contributed by atoms with Crippen LogP contribution in [0.4, 0.5) is 28.0 Å². The van der Waals surface area contributed by atoms with Gasteiger partial charge in [-0.15, -0.1) is 0 Å². The molecule has 1 aliphatic heterocycles. The van der Waals surface area contributed by atoms with Crippen LogP contribution in [0, 0.1) is 5.82 Å². The molecule has 2 aliphatic rings. The van der Waals surface area contributed by atoms with E-state index in [1.54, 1.807) is 12.3 Å². The first-order chi connectivity index (χ1) is 24.3. The monoisotopic (exact) mass is 724 g/mol. The van der Waals surface area contributed by atoms with Gasteiger partial charge >= 0.3 is 12.2 Å². The minimum Gasteiger partial charge on any atom is -0.489 e. The number of urea groups is 1. The van der Waals surface area contributed by atoms with Crippen LogP contribution < -0.4 is 26.4 Å². The van der Waals surface area contributed by atoms with E-state index in [0.29, 0.717) is 10.9 Å². The van der Waals surface area contributed by atoms with Crippen molar-refractivity contribution in [1.29, 1.82) is 0 Å². The maximum absolute atomic E-state index is 14.9. The predicted octanol–water partition coefficient (Wildman–Crippen LogP) is 4.52. The fraction of sp³-hybridized carbons (Fsp3) is 0.361. The number of benzene rings is 2. The molecule has 12 nitrogen and oxygen atoms in total. The Balaban J connectivity index is 1.37. The molecule has 6 rings (SSSR count). The third-order valence-electron chi connectivity index (χ3n) is 9.18. The summed E-state index contributed by atoms with van der Waals surface area (Å²) in [7, 11) is 0. The number of nitrogens with zero attached hydrogens (tertiary/aromatic N) is 2. The number of alkyl halides is 3. The number of amides is 4. The minimum absolute atomic E-state index is 0.0628. The fourth-order valence-corrected chi connectivity index (χ4v) is 5.85. The summed E-state index contributed by atoms with van der Waals surface area (Å²) in [6.45, 7) is 2.48. The Hall–Kier alpha value is -5.35. The van der Waals surface area contributed by atoms with Gasteiger partial charge in [-0.25, -0.2) is 14.2 Å². The molecule has 1 fully saturated rings. The molecular formula is C36H36F4N6O6. The van der Waals surface area contributed by atoms with Gasteiger partial charge in [0.2, 0.25) is 11.5 Å². The summed E-state index contributed by atoms with van der Waals surface area (Å²) in [6.07, 6.45) is -1.89. The summed E-state index contributed by atoms with van der Waals surface area (Å²) in [6, 6.07) is 9.18. The average molecular weight is 725 g/mol. The predicted molar refractivity (Wildman–Crippen MR) is 181 cm³/mol. The van der Waals surface area contributed by atoms with Crippen molar-refractivity contribution in [2.75, 3.05) is 25.0 Å². The smallest absolute Gasteiger partial charge is 0.424 e. The Morgan fingerprint density at radius 2 is 1.71 bits per heavy atom. The van der Waals surface area contributed by atoms with Gasteiger partial charge < -0.3 is 36.6 Å². The van der Waals surface area contributed by atoms with Crippen LogP contribution >= 0.6 is 0 Å². The van der Waals surface area contributed by atoms with Gasteiger partial charge in [0, 0.05) is 34.8 Å². The van der Waals surface area contributed by atoms with Crippen molar-refractivity contribution in [2.45, 2.75) is 62.3 Å². The molecule has 52 heavy (non-hydrogen) atoms. The van der Waals surface area contributed by atoms with Gasteiger partial charge in [0.1, 0.15) is 29.3 Å². The van der Waals surface area contributed by atoms with Crippen molar-refractivity contribution in [3.05, 3.63) is 82.9 Å². The van der Waals surface area contributed by atoms with E-state index in [4.69, 9.17) is 10.5 Å². The molecule has 0 saturated heterocycles. The van der Waals surface area contributed by atoms with Crippen LogP contribution in [0.2, 0.25) is 0 Å². The second-order valence-corrected chi connectivity index (χ2v) is 14.0. The number of rotatable bonds is 10. The highest BCUT2D eigenvalue weighted by Crippen LogP contribution is 2.48. The quantitative estimate of drug-likeness (QED) is 0.129. The van der Waals surface area contributed by atoms with Crippen LogP contribution in [-0.2, 0) is 15.8 Å². The largest absolute Gasteiger partial charge is 0.489 e. The molecule has 2 aromatic heterocycles. The van der Waals surface area contributed by atoms with Gasteiger partial charge in [0.05, 0.1) is 29.0 Å². The molecule has 1 saturated carbocycles. The zero-order valence-electron chi connectivity index (χ0n) is 28.3. The molecule has 0 unspecified atom stereocenters. The normalized spacial score (nSPS) is 18.2. The van der Waals surface area contributed by atoms with Crippen LogP contribution in [0.5, 0.6) is 5.75 Å². The number of hydrogen-bond donors (Lipinski definition) is 6. The number of aliphatic hydroxyl groups is 2. The number of pyridine rings is 2. The highest BCUT2D eigenvalue weighted by atomic mass is 19.4. The van der Waals surface area contributed by atoms with Crippen LogP contribution in [0.25, 0.3) is 22.2 Å². The summed E-state index contributed by atoms with van der Waals surface area (Å²) < 4.78 is 64.3. The number of aromatic nitrogens is 2. The Morgan fingerprint density at radius 3 is 2.33 bits per heavy atom. The molecule has 0 bridgehead atoms. The van der Waals surface area contributed by atoms with Crippen molar-refractivity contribution < 1.29 is 46.9 Å². The van der Waals surface area contributed by atoms with E-state index in [9.17, 15) is 42.2 Å². The van der Waals surface area contributed by atoms with Gasteiger partial charge in [-0.3, -0.25) is 14.6 Å². The number of primary amides is 1. The number of nitrogens with two attached hydrogens (primary N) is 1. The Labute approximate surface area is 294 Å². The number of anilines is 1. The summed E-state index contributed by atoms with van der Waals surface area (Å²) in [4.78, 5) is 47.4. The van der Waals surface area contributed by atoms with Crippen LogP contribution in [-0.4, -0.2) is 69.5 Å². The number of fused-ring (bicyclic) bond motifs is 2. The summed E-state index contributed by atoms with van der Waals surface area (Å²) in [5, 5.41) is 29.1. The third-order valence-corrected chi connectivity index (χ3v) is 9.18. The SMILES string of the molecule is CC(C)(O)CNC(=O)Nc1cc(C(=O)NC[C@](O)(c2cc3c(c(-c4ccc(F)cc4)n2)OC[C@]3(C)C(N)=O)C(F)(F)F)cc2cc(C3CC3)cnc12. The van der Waals surface area contributed by atoms with E-state index in [1.165, 1.54) is 45.0 Å². The van der Waals surface area contributed by atoms with E-state index < -0.39 is 58.7 Å². The second kappa shape index (κ2) is 13.0. The highest BCUT2D eigenvalue weighted by molar-refractivity contribution is 6.05. The molecule has 3 heterocycles. The molecule has 0 radical (unpaired) electrons. The number of halogens is 4. The van der Waals surface area contributed by atoms with Gasteiger partial charge in [-0.05, 0) is 93.6 Å². The number of carbonyl (C=O) groups excluding carboxylic acids is 3. The zero-order chi connectivity index (χ0) is 37.8. The zero-order valence-corrected chi connectivity index (χ0v) is 28.3. The molecule has 7 N–H and O–H groups in total. The van der Waals surface area contributed by atoms with E-state index in [2.05, 4.69) is 25.9 Å². The lowest BCUT2D eigenvalue weighted by molar-refractivity contribution is -0.265. The summed E-state index contributed by atoms with van der Waals surface area (Å²) in [5.41, 5.74) is -1.05. The van der Waals surface area contributed by atoms with Crippen LogP contribution in [0.15, 0.2) is 54.7 Å². The molecule has 4 aromatic rings. The van der Waals surface area contributed by atoms with Crippen molar-refractivity contribution in [1.82, 2.24) is 20.6 Å². The standard InChI is InChI=1S/C36H36F4N6O6/c1-33(2,50)15-44-32(49)45-25-12-21(10-20-11-22(18-4-5-18)14-42-27(20)25)30(47)43-16-35(51,36(38,39)40)26-13-24-29(52-17-34(24,3)31(41)48)28(46-26)19-6-8-23(37)9-7-19/h6-14,18,50-51H,4-5,15-17H2,1-3H3,(H2,41,48)(H,43,47)(H2,44,45,49)/t34-,35-/m0/s1. The fourth-order valence-electron chi connectivity index (χ4n) is 5.85. The van der Waals surface area contributed by atoms with E-state index in [-0.39, 0.29) is 52.9 Å². The minimum atomic E-state index is -5.43. The molecule has 4 amide bonds. The molecular weight excluding hydrogens is 688 g/mol. The Kier molecular flexibility index (Phi) is 9.11. The van der Waals surface area contributed by atoms with Gasteiger partial charge in [0.15, 0.2) is 0 Å². The number of ether oxygens (including phenoxy) is 1. The molecule has 274 valence electrons. The van der Waals surface area contributed by atoms with Gasteiger partial charge in [-0.1, -0.05) is 0 Å². The third kappa shape index (κ3) is 7.08. The average Bonchev–Trinajstić information content (AvgIpc) is 3.87. The van der Waals surface area contributed by atoms with Crippen molar-refractivity contribution in [3.8, 4) is 17.0 Å². The lowest BCUT2D eigenvalue weighted by atomic mass is 9.81. The van der Waals surface area contributed by atoms with Crippen LogP contribution in [0.1, 0.15) is 66.7 Å². The maximum Gasteiger partial charge on any atom is 0.424 e. The topological polar surface area (TPSA) is 189 Å². The molecule has 2 aromatic carbocycles. The van der Waals surface area contributed by atoms with Crippen molar-refractivity contribution >= 4 is 34.4 Å². The lowest BCUT2D eigenvalue weighted by Crippen LogP contribution is -2.51. The van der Waals surface area contributed by atoms with E-state index in [0.717, 1.165) is 36.6 Å². The van der Waals surface area contributed by atoms with Crippen molar-refractivity contribution in [3.63, 3.8) is 0 Å². The molecule has 2 atom stereocenters. The number of hydrogen-bond acceptors (Lipinski definition) is 8. The van der Waals surface area contributed by atoms with Gasteiger partial charge in [-0.2, -0.15) is 13.2 Å². The lowest BCUT2D eigenvalue weighted by Gasteiger charge is -2.31. The Bertz CT molecular complexity index is 2080.